The number of rotatable bonds is 5. The lowest BCUT2D eigenvalue weighted by Gasteiger charge is -2.11. The van der Waals surface area contributed by atoms with Crippen LogP contribution in [0.3, 0.4) is 0 Å². The molecule has 0 fully saturated rings. The molecule has 0 aliphatic heterocycles. The number of nitrogens with zero attached hydrogens (tertiary/aromatic N) is 1. The topological polar surface area (TPSA) is 54.0 Å². The van der Waals surface area contributed by atoms with E-state index in [4.69, 9.17) is 0 Å². The van der Waals surface area contributed by atoms with Crippen molar-refractivity contribution in [2.24, 2.45) is 5.92 Å². The molecule has 0 saturated heterocycles. The van der Waals surface area contributed by atoms with Crippen LogP contribution in [-0.2, 0) is 0 Å². The number of amides is 1. The largest absolute Gasteiger partial charge is 0.370 e. The standard InChI is InChI=1S/C16H21N3O/c1-4-17-15-13-8-6-5-7-12(13)9-14(19-15)16(20)18-10-11(2)3/h5-9,11H,4,10H2,1-3H3,(H,17,19)(H,18,20). The number of hydrogen-bond acceptors (Lipinski definition) is 3. The number of fused-ring (bicyclic) bond motifs is 1. The van der Waals surface area contributed by atoms with E-state index in [-0.39, 0.29) is 5.91 Å². The molecule has 4 nitrogen and oxygen atoms in total. The van der Waals surface area contributed by atoms with Crippen molar-refractivity contribution in [1.82, 2.24) is 10.3 Å². The summed E-state index contributed by atoms with van der Waals surface area (Å²) in [5.41, 5.74) is 0.459. The van der Waals surface area contributed by atoms with E-state index in [1.54, 1.807) is 0 Å². The molecule has 0 radical (unpaired) electrons. The van der Waals surface area contributed by atoms with Crippen LogP contribution in [0, 0.1) is 5.92 Å². The molecule has 1 aromatic carbocycles. The summed E-state index contributed by atoms with van der Waals surface area (Å²) >= 11 is 0. The fraction of sp³-hybridized carbons (Fsp3) is 0.375. The summed E-state index contributed by atoms with van der Waals surface area (Å²) < 4.78 is 0. The molecule has 0 bridgehead atoms. The molecule has 0 aliphatic rings. The predicted molar refractivity (Wildman–Crippen MR) is 83.1 cm³/mol. The minimum absolute atomic E-state index is 0.122. The van der Waals surface area contributed by atoms with Gasteiger partial charge in [-0.05, 0) is 24.3 Å². The van der Waals surface area contributed by atoms with Gasteiger partial charge in [0.05, 0.1) is 0 Å². The zero-order valence-electron chi connectivity index (χ0n) is 12.2. The lowest BCUT2D eigenvalue weighted by molar-refractivity contribution is 0.0944. The highest BCUT2D eigenvalue weighted by atomic mass is 16.1. The van der Waals surface area contributed by atoms with Crippen LogP contribution in [0.25, 0.3) is 10.8 Å². The minimum atomic E-state index is -0.122. The van der Waals surface area contributed by atoms with Gasteiger partial charge in [0.25, 0.3) is 5.91 Å². The Morgan fingerprint density at radius 2 is 2.05 bits per heavy atom. The van der Waals surface area contributed by atoms with Gasteiger partial charge in [0.1, 0.15) is 11.5 Å². The van der Waals surface area contributed by atoms with Gasteiger partial charge in [-0.15, -0.1) is 0 Å². The van der Waals surface area contributed by atoms with Gasteiger partial charge < -0.3 is 10.6 Å². The number of pyridine rings is 1. The van der Waals surface area contributed by atoms with Crippen molar-refractivity contribution >= 4 is 22.5 Å². The lowest BCUT2D eigenvalue weighted by Crippen LogP contribution is -2.28. The first-order valence-electron chi connectivity index (χ1n) is 7.03. The Morgan fingerprint density at radius 1 is 1.30 bits per heavy atom. The summed E-state index contributed by atoms with van der Waals surface area (Å²) in [4.78, 5) is 16.6. The van der Waals surface area contributed by atoms with Crippen molar-refractivity contribution in [2.75, 3.05) is 18.4 Å². The Labute approximate surface area is 119 Å². The number of hydrogen-bond donors (Lipinski definition) is 2. The van der Waals surface area contributed by atoms with Crippen LogP contribution in [0.15, 0.2) is 30.3 Å². The predicted octanol–water partition coefficient (Wildman–Crippen LogP) is 3.05. The van der Waals surface area contributed by atoms with Crippen molar-refractivity contribution in [3.05, 3.63) is 36.0 Å². The summed E-state index contributed by atoms with van der Waals surface area (Å²) in [5.74, 6) is 1.07. The quantitative estimate of drug-likeness (QED) is 0.878. The SMILES string of the molecule is CCNc1nc(C(=O)NCC(C)C)cc2ccccc12. The molecular weight excluding hydrogens is 250 g/mol. The summed E-state index contributed by atoms with van der Waals surface area (Å²) in [6, 6.07) is 9.79. The van der Waals surface area contributed by atoms with E-state index in [9.17, 15) is 4.79 Å². The van der Waals surface area contributed by atoms with Crippen LogP contribution in [-0.4, -0.2) is 24.0 Å². The highest BCUT2D eigenvalue weighted by Crippen LogP contribution is 2.22. The normalized spacial score (nSPS) is 10.8. The molecule has 0 unspecified atom stereocenters. The Hall–Kier alpha value is -2.10. The van der Waals surface area contributed by atoms with Gasteiger partial charge in [-0.2, -0.15) is 0 Å². The molecular formula is C16H21N3O. The van der Waals surface area contributed by atoms with Crippen LogP contribution in [0.5, 0.6) is 0 Å². The van der Waals surface area contributed by atoms with E-state index in [2.05, 4.69) is 29.5 Å². The molecule has 2 rings (SSSR count). The number of carbonyl (C=O) groups excluding carboxylic acids is 1. The third-order valence-corrected chi connectivity index (χ3v) is 2.99. The van der Waals surface area contributed by atoms with Gasteiger partial charge in [0.15, 0.2) is 0 Å². The Bertz CT molecular complexity index is 608. The first-order valence-corrected chi connectivity index (χ1v) is 7.03. The van der Waals surface area contributed by atoms with E-state index in [0.29, 0.717) is 18.2 Å². The van der Waals surface area contributed by atoms with E-state index in [1.165, 1.54) is 0 Å². The zero-order valence-corrected chi connectivity index (χ0v) is 12.2. The second-order valence-corrected chi connectivity index (χ2v) is 5.21. The summed E-state index contributed by atoms with van der Waals surface area (Å²) in [6.07, 6.45) is 0. The molecule has 20 heavy (non-hydrogen) atoms. The van der Waals surface area contributed by atoms with E-state index in [0.717, 1.165) is 23.1 Å². The smallest absolute Gasteiger partial charge is 0.270 e. The molecule has 0 atom stereocenters. The number of anilines is 1. The molecule has 4 heteroatoms. The molecule has 1 amide bonds. The van der Waals surface area contributed by atoms with Gasteiger partial charge in [-0.25, -0.2) is 4.98 Å². The van der Waals surface area contributed by atoms with E-state index >= 15 is 0 Å². The average Bonchev–Trinajstić information content (AvgIpc) is 2.45. The van der Waals surface area contributed by atoms with Crippen LogP contribution in [0.1, 0.15) is 31.3 Å². The van der Waals surface area contributed by atoms with Crippen LogP contribution < -0.4 is 10.6 Å². The maximum Gasteiger partial charge on any atom is 0.270 e. The highest BCUT2D eigenvalue weighted by molar-refractivity contribution is 6.00. The number of benzene rings is 1. The average molecular weight is 271 g/mol. The Balaban J connectivity index is 2.36. The van der Waals surface area contributed by atoms with Crippen molar-refractivity contribution in [3.63, 3.8) is 0 Å². The molecule has 2 aromatic rings. The van der Waals surface area contributed by atoms with Crippen molar-refractivity contribution < 1.29 is 4.79 Å². The van der Waals surface area contributed by atoms with Gasteiger partial charge in [0.2, 0.25) is 0 Å². The molecule has 2 N–H and O–H groups in total. The van der Waals surface area contributed by atoms with Gasteiger partial charge in [-0.1, -0.05) is 38.1 Å². The fourth-order valence-corrected chi connectivity index (χ4v) is 2.00. The monoisotopic (exact) mass is 271 g/mol. The Morgan fingerprint density at radius 3 is 2.75 bits per heavy atom. The maximum atomic E-state index is 12.1. The van der Waals surface area contributed by atoms with Crippen molar-refractivity contribution in [2.45, 2.75) is 20.8 Å². The second kappa shape index (κ2) is 6.37. The molecule has 0 saturated carbocycles. The van der Waals surface area contributed by atoms with Gasteiger partial charge in [-0.3, -0.25) is 4.79 Å². The fourth-order valence-electron chi connectivity index (χ4n) is 2.00. The zero-order chi connectivity index (χ0) is 14.5. The third kappa shape index (κ3) is 3.26. The van der Waals surface area contributed by atoms with Crippen LogP contribution in [0.4, 0.5) is 5.82 Å². The number of aromatic nitrogens is 1. The summed E-state index contributed by atoms with van der Waals surface area (Å²) in [7, 11) is 0. The van der Waals surface area contributed by atoms with Crippen LogP contribution in [0.2, 0.25) is 0 Å². The second-order valence-electron chi connectivity index (χ2n) is 5.21. The molecule has 106 valence electrons. The third-order valence-electron chi connectivity index (χ3n) is 2.99. The minimum Gasteiger partial charge on any atom is -0.370 e. The molecule has 0 aliphatic carbocycles. The first-order chi connectivity index (χ1) is 9.61. The number of nitrogens with one attached hydrogen (secondary N) is 2. The first kappa shape index (κ1) is 14.3. The summed E-state index contributed by atoms with van der Waals surface area (Å²) in [6.45, 7) is 7.58. The molecule has 1 aromatic heterocycles. The maximum absolute atomic E-state index is 12.1. The van der Waals surface area contributed by atoms with Crippen molar-refractivity contribution in [1.29, 1.82) is 0 Å². The lowest BCUT2D eigenvalue weighted by atomic mass is 10.1. The molecule has 0 spiro atoms. The van der Waals surface area contributed by atoms with Crippen LogP contribution >= 0.6 is 0 Å². The van der Waals surface area contributed by atoms with E-state index < -0.39 is 0 Å². The highest BCUT2D eigenvalue weighted by Gasteiger charge is 2.11. The van der Waals surface area contributed by atoms with Gasteiger partial charge in [0, 0.05) is 18.5 Å². The van der Waals surface area contributed by atoms with Crippen molar-refractivity contribution in [3.8, 4) is 0 Å². The van der Waals surface area contributed by atoms with Gasteiger partial charge >= 0.3 is 0 Å². The Kier molecular flexibility index (Phi) is 4.56. The molecule has 1 heterocycles. The van der Waals surface area contributed by atoms with E-state index in [1.807, 2.05) is 37.3 Å². The number of carbonyl (C=O) groups is 1. The summed E-state index contributed by atoms with van der Waals surface area (Å²) in [5, 5.41) is 8.18.